The van der Waals surface area contributed by atoms with Crippen molar-refractivity contribution in [2.24, 2.45) is 0 Å². The van der Waals surface area contributed by atoms with Crippen LogP contribution >= 0.6 is 0 Å². The van der Waals surface area contributed by atoms with Crippen LogP contribution < -0.4 is 5.32 Å². The summed E-state index contributed by atoms with van der Waals surface area (Å²) in [5.74, 6) is 1.47. The second kappa shape index (κ2) is 10.5. The number of para-hydroxylation sites is 1. The number of carbonyl (C=O) groups is 1. The van der Waals surface area contributed by atoms with E-state index in [0.717, 1.165) is 54.3 Å². The zero-order chi connectivity index (χ0) is 24.0. The zero-order valence-corrected chi connectivity index (χ0v) is 19.4. The number of hydrogen-bond acceptors (Lipinski definition) is 4. The number of nitrogens with one attached hydrogen (secondary N) is 1. The predicted molar refractivity (Wildman–Crippen MR) is 132 cm³/mol. The van der Waals surface area contributed by atoms with Crippen molar-refractivity contribution in [1.82, 2.24) is 29.9 Å². The van der Waals surface area contributed by atoms with Crippen LogP contribution in [0, 0.1) is 5.82 Å². The number of carbonyl (C=O) groups excluding carboxylic acids is 1. The summed E-state index contributed by atoms with van der Waals surface area (Å²) in [6.07, 6.45) is 10.2. The topological polar surface area (TPSA) is 77.6 Å². The van der Waals surface area contributed by atoms with E-state index in [9.17, 15) is 9.18 Å². The van der Waals surface area contributed by atoms with Gasteiger partial charge >= 0.3 is 0 Å². The average molecular weight is 471 g/mol. The Hall–Kier alpha value is -4.07. The maximum absolute atomic E-state index is 13.5. The lowest BCUT2D eigenvalue weighted by Gasteiger charge is -2.07. The van der Waals surface area contributed by atoms with Gasteiger partial charge in [0, 0.05) is 49.3 Å². The van der Waals surface area contributed by atoms with Gasteiger partial charge in [0.25, 0.3) is 0 Å². The van der Waals surface area contributed by atoms with E-state index in [1.165, 1.54) is 24.6 Å². The Kier molecular flexibility index (Phi) is 6.79. The molecule has 0 bridgehead atoms. The summed E-state index contributed by atoms with van der Waals surface area (Å²) in [7, 11) is 0. The third-order valence-electron chi connectivity index (χ3n) is 6.13. The molecule has 8 heteroatoms. The van der Waals surface area contributed by atoms with Gasteiger partial charge in [0.2, 0.25) is 5.91 Å². The third-order valence-corrected chi connectivity index (χ3v) is 6.13. The molecular formula is C27H27FN6O. The maximum Gasteiger partial charge on any atom is 0.244 e. The molecule has 0 atom stereocenters. The largest absolute Gasteiger partial charge is 0.352 e. The molecular weight excluding hydrogens is 443 g/mol. The number of nitrogens with zero attached hydrogens (tertiary/aromatic N) is 5. The summed E-state index contributed by atoms with van der Waals surface area (Å²) >= 11 is 0. The Balaban J connectivity index is 1.28. The van der Waals surface area contributed by atoms with Crippen LogP contribution in [0.4, 0.5) is 4.39 Å². The summed E-state index contributed by atoms with van der Waals surface area (Å²) in [6.45, 7) is 1.43. The number of halogens is 1. The summed E-state index contributed by atoms with van der Waals surface area (Å²) in [5, 5.41) is 16.3. The second-order valence-electron chi connectivity index (χ2n) is 8.59. The summed E-state index contributed by atoms with van der Waals surface area (Å²) in [6, 6.07) is 15.9. The number of rotatable bonds is 7. The molecule has 3 heterocycles. The highest BCUT2D eigenvalue weighted by molar-refractivity contribution is 5.92. The van der Waals surface area contributed by atoms with Gasteiger partial charge < -0.3 is 9.88 Å². The highest BCUT2D eigenvalue weighted by atomic mass is 19.1. The van der Waals surface area contributed by atoms with E-state index in [1.54, 1.807) is 22.9 Å². The van der Waals surface area contributed by atoms with Gasteiger partial charge in [-0.1, -0.05) is 24.6 Å². The molecule has 0 aliphatic carbocycles. The molecule has 7 nitrogen and oxygen atoms in total. The average Bonchev–Trinajstić information content (AvgIpc) is 3.40. The molecule has 5 rings (SSSR count). The van der Waals surface area contributed by atoms with E-state index >= 15 is 0 Å². The normalized spacial score (nSPS) is 13.5. The van der Waals surface area contributed by atoms with Crippen LogP contribution in [0.2, 0.25) is 0 Å². The standard InChI is InChI=1S/C27H27FN6O/c28-22-13-10-20(11-14-22)27-21(19-34(32-27)23-7-3-1-4-8-23)12-15-26(35)29-17-16-25-31-30-24-9-5-2-6-18-33(24)25/h1,3-4,7-8,10-15,19H,2,5-6,9,16-18H2,(H,29,35)/b15-12+. The lowest BCUT2D eigenvalue weighted by atomic mass is 10.1. The van der Waals surface area contributed by atoms with Gasteiger partial charge in [0.15, 0.2) is 0 Å². The van der Waals surface area contributed by atoms with Crippen molar-refractivity contribution in [2.45, 2.75) is 38.6 Å². The minimum atomic E-state index is -0.308. The van der Waals surface area contributed by atoms with Crippen LogP contribution in [0.1, 0.15) is 36.5 Å². The van der Waals surface area contributed by atoms with Gasteiger partial charge in [-0.3, -0.25) is 4.79 Å². The van der Waals surface area contributed by atoms with Gasteiger partial charge in [0.05, 0.1) is 11.4 Å². The number of amides is 1. The molecule has 2 aromatic carbocycles. The quantitative estimate of drug-likeness (QED) is 0.407. The van der Waals surface area contributed by atoms with Crippen LogP contribution in [-0.2, 0) is 24.2 Å². The first-order chi connectivity index (χ1) is 17.2. The fraction of sp³-hybridized carbons (Fsp3) is 0.259. The number of aromatic nitrogens is 5. The second-order valence-corrected chi connectivity index (χ2v) is 8.59. The smallest absolute Gasteiger partial charge is 0.244 e. The Bertz CT molecular complexity index is 1320. The Labute approximate surface area is 203 Å². The number of fused-ring (bicyclic) bond motifs is 1. The number of hydrogen-bond donors (Lipinski definition) is 1. The van der Waals surface area contributed by atoms with Gasteiger partial charge in [-0.25, -0.2) is 9.07 Å². The van der Waals surface area contributed by atoms with Crippen LogP contribution in [0.3, 0.4) is 0 Å². The first-order valence-corrected chi connectivity index (χ1v) is 12.0. The van der Waals surface area contributed by atoms with Crippen molar-refractivity contribution in [2.75, 3.05) is 6.54 Å². The highest BCUT2D eigenvalue weighted by Gasteiger charge is 2.15. The Morgan fingerprint density at radius 1 is 1.03 bits per heavy atom. The summed E-state index contributed by atoms with van der Waals surface area (Å²) in [5.41, 5.74) is 3.10. The SMILES string of the molecule is O=C(/C=C/c1cn(-c2ccccc2)nc1-c1ccc(F)cc1)NCCc1nnc2n1CCCCC2. The Morgan fingerprint density at radius 3 is 2.69 bits per heavy atom. The first kappa shape index (κ1) is 22.7. The molecule has 1 N–H and O–H groups in total. The van der Waals surface area contributed by atoms with Crippen LogP contribution in [-0.4, -0.2) is 37.0 Å². The van der Waals surface area contributed by atoms with Crippen molar-refractivity contribution in [3.63, 3.8) is 0 Å². The highest BCUT2D eigenvalue weighted by Crippen LogP contribution is 2.25. The lowest BCUT2D eigenvalue weighted by molar-refractivity contribution is -0.116. The van der Waals surface area contributed by atoms with Crippen LogP contribution in [0.5, 0.6) is 0 Å². The van der Waals surface area contributed by atoms with Crippen molar-refractivity contribution in [1.29, 1.82) is 0 Å². The van der Waals surface area contributed by atoms with Crippen LogP contribution in [0.15, 0.2) is 66.9 Å². The maximum atomic E-state index is 13.5. The molecule has 0 spiro atoms. The molecule has 0 saturated heterocycles. The molecule has 35 heavy (non-hydrogen) atoms. The van der Waals surface area contributed by atoms with Crippen molar-refractivity contribution < 1.29 is 9.18 Å². The molecule has 2 aromatic heterocycles. The molecule has 4 aromatic rings. The van der Waals surface area contributed by atoms with E-state index in [4.69, 9.17) is 5.10 Å². The Morgan fingerprint density at radius 2 is 1.86 bits per heavy atom. The van der Waals surface area contributed by atoms with Gasteiger partial charge in [-0.2, -0.15) is 5.10 Å². The molecule has 178 valence electrons. The number of benzene rings is 2. The van der Waals surface area contributed by atoms with E-state index < -0.39 is 0 Å². The molecule has 1 amide bonds. The fourth-order valence-corrected chi connectivity index (χ4v) is 4.31. The zero-order valence-electron chi connectivity index (χ0n) is 19.4. The molecule has 0 fully saturated rings. The molecule has 1 aliphatic rings. The molecule has 0 radical (unpaired) electrons. The minimum Gasteiger partial charge on any atom is -0.352 e. The van der Waals surface area contributed by atoms with E-state index in [1.807, 2.05) is 36.5 Å². The summed E-state index contributed by atoms with van der Waals surface area (Å²) in [4.78, 5) is 12.5. The third kappa shape index (κ3) is 5.37. The predicted octanol–water partition coefficient (Wildman–Crippen LogP) is 4.37. The summed E-state index contributed by atoms with van der Waals surface area (Å²) < 4.78 is 17.4. The van der Waals surface area contributed by atoms with E-state index in [-0.39, 0.29) is 11.7 Å². The molecule has 0 unspecified atom stereocenters. The first-order valence-electron chi connectivity index (χ1n) is 12.0. The van der Waals surface area contributed by atoms with Crippen molar-refractivity contribution >= 4 is 12.0 Å². The number of aryl methyl sites for hydroxylation is 1. The van der Waals surface area contributed by atoms with E-state index in [2.05, 4.69) is 20.1 Å². The molecule has 0 saturated carbocycles. The van der Waals surface area contributed by atoms with Gasteiger partial charge in [0.1, 0.15) is 17.5 Å². The monoisotopic (exact) mass is 470 g/mol. The van der Waals surface area contributed by atoms with Gasteiger partial charge in [-0.15, -0.1) is 10.2 Å². The fourth-order valence-electron chi connectivity index (χ4n) is 4.31. The molecule has 1 aliphatic heterocycles. The van der Waals surface area contributed by atoms with Crippen LogP contribution in [0.25, 0.3) is 23.0 Å². The van der Waals surface area contributed by atoms with E-state index in [0.29, 0.717) is 18.7 Å². The minimum absolute atomic E-state index is 0.196. The van der Waals surface area contributed by atoms with Crippen molar-refractivity contribution in [3.05, 3.63) is 89.9 Å². The lowest BCUT2D eigenvalue weighted by Crippen LogP contribution is -2.24. The van der Waals surface area contributed by atoms with Gasteiger partial charge in [-0.05, 0) is 55.3 Å². The van der Waals surface area contributed by atoms with Crippen molar-refractivity contribution in [3.8, 4) is 16.9 Å².